The van der Waals surface area contributed by atoms with Crippen LogP contribution in [0.4, 0.5) is 0 Å². The van der Waals surface area contributed by atoms with Gasteiger partial charge in [0, 0.05) is 36.9 Å². The number of hydrogen-bond donors (Lipinski definition) is 2. The Bertz CT molecular complexity index is 502. The summed E-state index contributed by atoms with van der Waals surface area (Å²) < 4.78 is 0. The summed E-state index contributed by atoms with van der Waals surface area (Å²) in [5.41, 5.74) is 3.08. The van der Waals surface area contributed by atoms with Gasteiger partial charge in [0.25, 0.3) is 0 Å². The van der Waals surface area contributed by atoms with Crippen molar-refractivity contribution in [3.8, 4) is 0 Å². The van der Waals surface area contributed by atoms with Crippen LogP contribution in [-0.4, -0.2) is 52.6 Å². The number of aryl methyl sites for hydroxylation is 1. The molecule has 1 atom stereocenters. The first-order valence-corrected chi connectivity index (χ1v) is 7.40. The lowest BCUT2D eigenvalue weighted by Gasteiger charge is -2.30. The van der Waals surface area contributed by atoms with Crippen molar-refractivity contribution in [1.82, 2.24) is 20.4 Å². The molecule has 5 heteroatoms. The van der Waals surface area contributed by atoms with Crippen molar-refractivity contribution in [1.29, 1.82) is 0 Å². The van der Waals surface area contributed by atoms with Gasteiger partial charge < -0.3 is 5.32 Å². The highest BCUT2D eigenvalue weighted by molar-refractivity contribution is 6.00. The second-order valence-electron chi connectivity index (χ2n) is 5.98. The summed E-state index contributed by atoms with van der Waals surface area (Å²) in [6.07, 6.45) is 5.55. The van der Waals surface area contributed by atoms with Gasteiger partial charge in [0.05, 0.1) is 6.04 Å². The van der Waals surface area contributed by atoms with Crippen molar-refractivity contribution < 1.29 is 4.79 Å². The van der Waals surface area contributed by atoms with Crippen LogP contribution in [0.3, 0.4) is 0 Å². The van der Waals surface area contributed by atoms with E-state index in [4.69, 9.17) is 0 Å². The average Bonchev–Trinajstić information content (AvgIpc) is 2.92. The topological polar surface area (TPSA) is 61.0 Å². The number of aromatic nitrogens is 2. The van der Waals surface area contributed by atoms with Crippen molar-refractivity contribution in [2.45, 2.75) is 44.2 Å². The summed E-state index contributed by atoms with van der Waals surface area (Å²) in [5, 5.41) is 10.9. The number of nitrogens with one attached hydrogen (secondary N) is 2. The van der Waals surface area contributed by atoms with E-state index in [-0.39, 0.29) is 11.8 Å². The first-order valence-electron chi connectivity index (χ1n) is 7.40. The fourth-order valence-electron chi connectivity index (χ4n) is 3.76. The van der Waals surface area contributed by atoms with Gasteiger partial charge in [-0.3, -0.25) is 14.8 Å². The van der Waals surface area contributed by atoms with Crippen molar-refractivity contribution in [2.24, 2.45) is 0 Å². The lowest BCUT2D eigenvalue weighted by molar-refractivity contribution is 0.0819. The molecule has 1 aromatic heterocycles. The van der Waals surface area contributed by atoms with Gasteiger partial charge in [0.2, 0.25) is 5.78 Å². The molecular weight excluding hydrogens is 240 g/mol. The van der Waals surface area contributed by atoms with Crippen LogP contribution < -0.4 is 5.32 Å². The number of piperidine rings is 1. The van der Waals surface area contributed by atoms with Crippen LogP contribution in [0.5, 0.6) is 0 Å². The lowest BCUT2D eigenvalue weighted by Crippen LogP contribution is -2.45. The molecule has 0 saturated carbocycles. The molecule has 4 aliphatic rings. The van der Waals surface area contributed by atoms with Gasteiger partial charge >= 0.3 is 0 Å². The van der Waals surface area contributed by atoms with Crippen LogP contribution >= 0.6 is 0 Å². The molecule has 1 aromatic rings. The van der Waals surface area contributed by atoms with Crippen LogP contribution in [0.15, 0.2) is 0 Å². The Morgan fingerprint density at radius 2 is 2.11 bits per heavy atom. The number of ketones is 1. The summed E-state index contributed by atoms with van der Waals surface area (Å²) in [5.74, 6) is 0.217. The third kappa shape index (κ3) is 1.83. The lowest BCUT2D eigenvalue weighted by atomic mass is 10.0. The van der Waals surface area contributed by atoms with Gasteiger partial charge in [-0.25, -0.2) is 0 Å². The van der Waals surface area contributed by atoms with E-state index < -0.39 is 0 Å². The van der Waals surface area contributed by atoms with Gasteiger partial charge in [-0.05, 0) is 32.1 Å². The number of carbonyl (C=O) groups is 1. The van der Waals surface area contributed by atoms with Crippen molar-refractivity contribution in [3.05, 3.63) is 17.0 Å². The first-order chi connectivity index (χ1) is 9.33. The Labute approximate surface area is 112 Å². The van der Waals surface area contributed by atoms with Gasteiger partial charge in [0.15, 0.2) is 0 Å². The molecule has 3 saturated heterocycles. The normalized spacial score (nSPS) is 33.2. The molecule has 1 unspecified atom stereocenters. The van der Waals surface area contributed by atoms with E-state index in [0.29, 0.717) is 11.7 Å². The largest absolute Gasteiger partial charge is 0.312 e. The zero-order chi connectivity index (χ0) is 12.8. The van der Waals surface area contributed by atoms with Gasteiger partial charge in [-0.15, -0.1) is 0 Å². The zero-order valence-electron chi connectivity index (χ0n) is 11.1. The number of rotatable bonds is 2. The molecule has 0 spiro atoms. The van der Waals surface area contributed by atoms with Gasteiger partial charge in [-0.1, -0.05) is 0 Å². The van der Waals surface area contributed by atoms with Crippen molar-refractivity contribution in [2.75, 3.05) is 19.6 Å². The molecular formula is C14H20N4O. The Balaban J connectivity index is 1.62. The minimum absolute atomic E-state index is 0.0134. The first kappa shape index (κ1) is 11.6. The number of Topliss-reactive ketones (excluding diaryl/α,β-unsaturated/α-hetero) is 1. The van der Waals surface area contributed by atoms with Gasteiger partial charge in [0.1, 0.15) is 5.69 Å². The molecule has 5 nitrogen and oxygen atoms in total. The summed E-state index contributed by atoms with van der Waals surface area (Å²) >= 11 is 0. The molecule has 5 rings (SSSR count). The Morgan fingerprint density at radius 1 is 1.26 bits per heavy atom. The number of hydrogen-bond acceptors (Lipinski definition) is 4. The van der Waals surface area contributed by atoms with Crippen LogP contribution in [-0.2, 0) is 12.8 Å². The molecule has 3 aliphatic heterocycles. The number of nitrogens with zero attached hydrogens (tertiary/aromatic N) is 2. The molecule has 0 radical (unpaired) electrons. The minimum Gasteiger partial charge on any atom is -0.312 e. The molecule has 2 bridgehead atoms. The number of fused-ring (bicyclic) bond motifs is 5. The molecule has 19 heavy (non-hydrogen) atoms. The van der Waals surface area contributed by atoms with Crippen molar-refractivity contribution in [3.63, 3.8) is 0 Å². The van der Waals surface area contributed by atoms with E-state index in [1.807, 2.05) is 0 Å². The molecule has 0 amide bonds. The standard InChI is InChI=1S/C14H20N4O/c19-14(13-10-2-1-3-11(10)16-17-13)12-8-15-9-4-6-18(12)7-5-9/h9,12,15H,1-8H2,(H,16,17). The van der Waals surface area contributed by atoms with Crippen LogP contribution in [0.1, 0.15) is 41.0 Å². The third-order valence-corrected chi connectivity index (χ3v) is 4.91. The van der Waals surface area contributed by atoms with Crippen molar-refractivity contribution >= 4 is 5.78 Å². The number of H-pyrrole nitrogens is 1. The Morgan fingerprint density at radius 3 is 2.95 bits per heavy atom. The quantitative estimate of drug-likeness (QED) is 0.761. The minimum atomic E-state index is -0.0134. The van der Waals surface area contributed by atoms with E-state index >= 15 is 0 Å². The predicted octanol–water partition coefficient (Wildman–Crippen LogP) is 0.517. The summed E-state index contributed by atoms with van der Waals surface area (Å²) in [4.78, 5) is 15.1. The maximum absolute atomic E-state index is 12.8. The third-order valence-electron chi connectivity index (χ3n) is 4.91. The van der Waals surface area contributed by atoms with E-state index in [1.165, 1.54) is 24.1 Å². The van der Waals surface area contributed by atoms with Gasteiger partial charge in [-0.2, -0.15) is 5.10 Å². The second kappa shape index (κ2) is 4.42. The zero-order valence-corrected chi connectivity index (χ0v) is 11.1. The SMILES string of the molecule is O=C(c1n[nH]c2c1CCC2)C1CNC2CCN1CC2. The average molecular weight is 260 g/mol. The smallest absolute Gasteiger partial charge is 0.201 e. The fraction of sp³-hybridized carbons (Fsp3) is 0.714. The number of carbonyl (C=O) groups excluding carboxylic acids is 1. The Hall–Kier alpha value is -1.20. The highest BCUT2D eigenvalue weighted by atomic mass is 16.1. The molecule has 1 aliphatic carbocycles. The number of aromatic amines is 1. The molecule has 3 fully saturated rings. The highest BCUT2D eigenvalue weighted by Gasteiger charge is 2.36. The van der Waals surface area contributed by atoms with E-state index in [0.717, 1.165) is 38.9 Å². The van der Waals surface area contributed by atoms with E-state index in [2.05, 4.69) is 20.4 Å². The second-order valence-corrected chi connectivity index (χ2v) is 5.98. The van der Waals surface area contributed by atoms with Crippen LogP contribution in [0.2, 0.25) is 0 Å². The summed E-state index contributed by atoms with van der Waals surface area (Å²) in [6.45, 7) is 2.87. The highest BCUT2D eigenvalue weighted by Crippen LogP contribution is 2.26. The molecule has 102 valence electrons. The predicted molar refractivity (Wildman–Crippen MR) is 71.3 cm³/mol. The molecule has 0 aromatic carbocycles. The maximum Gasteiger partial charge on any atom is 0.201 e. The van der Waals surface area contributed by atoms with Crippen LogP contribution in [0, 0.1) is 0 Å². The Kier molecular flexibility index (Phi) is 2.70. The summed E-state index contributed by atoms with van der Waals surface area (Å²) in [7, 11) is 0. The van der Waals surface area contributed by atoms with E-state index in [1.54, 1.807) is 0 Å². The summed E-state index contributed by atoms with van der Waals surface area (Å²) in [6, 6.07) is 0.597. The molecule has 2 N–H and O–H groups in total. The monoisotopic (exact) mass is 260 g/mol. The molecule has 4 heterocycles. The maximum atomic E-state index is 12.8. The van der Waals surface area contributed by atoms with E-state index in [9.17, 15) is 4.79 Å². The van der Waals surface area contributed by atoms with Crippen LogP contribution in [0.25, 0.3) is 0 Å². The fourth-order valence-corrected chi connectivity index (χ4v) is 3.76.